The number of rotatable bonds is 4. The normalized spacial score (nSPS) is 11.0. The van der Waals surface area contributed by atoms with Crippen LogP contribution in [0.15, 0.2) is 71.2 Å². The number of carbonyl (C=O) groups excluding carboxylic acids is 1. The fourth-order valence-corrected chi connectivity index (χ4v) is 2.75. The summed E-state index contributed by atoms with van der Waals surface area (Å²) in [7, 11) is 0. The molecular weight excluding hydrogens is 331 g/mol. The summed E-state index contributed by atoms with van der Waals surface area (Å²) in [5.41, 5.74) is 1.27. The van der Waals surface area contributed by atoms with E-state index in [1.165, 1.54) is 6.08 Å². The lowest BCUT2D eigenvalue weighted by molar-refractivity contribution is 0.104. The van der Waals surface area contributed by atoms with Crippen LogP contribution < -0.4 is 0 Å². The maximum absolute atomic E-state index is 12.0. The minimum absolute atomic E-state index is 0.0840. The summed E-state index contributed by atoms with van der Waals surface area (Å²) in [6.45, 7) is 0. The van der Waals surface area contributed by atoms with E-state index in [-0.39, 0.29) is 5.78 Å². The Labute approximate surface area is 144 Å². The van der Waals surface area contributed by atoms with E-state index < -0.39 is 0 Å². The van der Waals surface area contributed by atoms with Gasteiger partial charge < -0.3 is 4.42 Å². The summed E-state index contributed by atoms with van der Waals surface area (Å²) in [5, 5.41) is 1.03. The first-order chi connectivity index (χ1) is 11.1. The average Bonchev–Trinajstić information content (AvgIpc) is 3.02. The molecule has 114 valence electrons. The van der Waals surface area contributed by atoms with Crippen LogP contribution in [0.4, 0.5) is 0 Å². The van der Waals surface area contributed by atoms with Gasteiger partial charge in [0.15, 0.2) is 5.78 Å². The van der Waals surface area contributed by atoms with E-state index in [0.717, 1.165) is 0 Å². The van der Waals surface area contributed by atoms with Gasteiger partial charge >= 0.3 is 0 Å². The van der Waals surface area contributed by atoms with Crippen LogP contribution in [-0.2, 0) is 0 Å². The molecule has 0 saturated heterocycles. The molecular formula is C19H12Cl2O2. The second kappa shape index (κ2) is 6.86. The van der Waals surface area contributed by atoms with Crippen LogP contribution in [0.1, 0.15) is 16.1 Å². The fourth-order valence-electron chi connectivity index (χ4n) is 2.17. The minimum Gasteiger partial charge on any atom is -0.457 e. The number of hydrogen-bond donors (Lipinski definition) is 0. The number of halogens is 2. The number of benzene rings is 2. The standard InChI is InChI=1S/C19H12Cl2O2/c20-15-7-4-8-16(21)19(15)18-12-10-14(23-18)9-11-17(22)13-5-2-1-3-6-13/h1-12H/b11-9+. The summed E-state index contributed by atoms with van der Waals surface area (Å²) in [6, 6.07) is 17.9. The van der Waals surface area contributed by atoms with Gasteiger partial charge in [-0.3, -0.25) is 4.79 Å². The molecule has 0 radical (unpaired) electrons. The van der Waals surface area contributed by atoms with Crippen LogP contribution in [0.25, 0.3) is 17.4 Å². The molecule has 1 heterocycles. The zero-order chi connectivity index (χ0) is 16.2. The van der Waals surface area contributed by atoms with Crippen LogP contribution in [0.2, 0.25) is 10.0 Å². The van der Waals surface area contributed by atoms with Crippen LogP contribution >= 0.6 is 23.2 Å². The molecule has 4 heteroatoms. The third kappa shape index (κ3) is 3.55. The summed E-state index contributed by atoms with van der Waals surface area (Å²) < 4.78 is 5.71. The van der Waals surface area contributed by atoms with E-state index in [1.807, 2.05) is 18.2 Å². The Kier molecular flexibility index (Phi) is 4.65. The van der Waals surface area contributed by atoms with Crippen molar-refractivity contribution in [1.82, 2.24) is 0 Å². The predicted octanol–water partition coefficient (Wildman–Crippen LogP) is 6.15. The highest BCUT2D eigenvalue weighted by molar-refractivity contribution is 6.39. The Hall–Kier alpha value is -2.29. The summed E-state index contributed by atoms with van der Waals surface area (Å²) in [6.07, 6.45) is 3.11. The molecule has 0 aliphatic carbocycles. The van der Waals surface area contributed by atoms with Crippen molar-refractivity contribution in [2.24, 2.45) is 0 Å². The molecule has 1 aromatic heterocycles. The Morgan fingerprint density at radius 1 is 0.870 bits per heavy atom. The Morgan fingerprint density at radius 3 is 2.26 bits per heavy atom. The lowest BCUT2D eigenvalue weighted by Crippen LogP contribution is -1.92. The average molecular weight is 343 g/mol. The van der Waals surface area contributed by atoms with Gasteiger partial charge in [0.2, 0.25) is 0 Å². The van der Waals surface area contributed by atoms with Gasteiger partial charge in [0.25, 0.3) is 0 Å². The highest BCUT2D eigenvalue weighted by Gasteiger charge is 2.11. The smallest absolute Gasteiger partial charge is 0.185 e. The van der Waals surface area contributed by atoms with Crippen molar-refractivity contribution in [2.45, 2.75) is 0 Å². The third-order valence-electron chi connectivity index (χ3n) is 3.29. The maximum Gasteiger partial charge on any atom is 0.185 e. The molecule has 3 rings (SSSR count). The molecule has 0 fully saturated rings. The Balaban J connectivity index is 1.83. The van der Waals surface area contributed by atoms with Crippen LogP contribution in [-0.4, -0.2) is 5.78 Å². The molecule has 2 aromatic carbocycles. The number of hydrogen-bond acceptors (Lipinski definition) is 2. The molecule has 23 heavy (non-hydrogen) atoms. The highest BCUT2D eigenvalue weighted by atomic mass is 35.5. The van der Waals surface area contributed by atoms with Gasteiger partial charge in [0.1, 0.15) is 11.5 Å². The molecule has 0 atom stereocenters. The minimum atomic E-state index is -0.0840. The van der Waals surface area contributed by atoms with Crippen LogP contribution in [0.3, 0.4) is 0 Å². The number of furan rings is 1. The van der Waals surface area contributed by atoms with Crippen LogP contribution in [0.5, 0.6) is 0 Å². The molecule has 0 amide bonds. The van der Waals surface area contributed by atoms with Gasteiger partial charge in [-0.05, 0) is 36.4 Å². The van der Waals surface area contributed by atoms with Gasteiger partial charge in [-0.1, -0.05) is 59.6 Å². The first-order valence-electron chi connectivity index (χ1n) is 6.97. The lowest BCUT2D eigenvalue weighted by Gasteiger charge is -2.02. The first kappa shape index (κ1) is 15.6. The molecule has 3 aromatic rings. The van der Waals surface area contributed by atoms with Crippen molar-refractivity contribution >= 4 is 35.1 Å². The van der Waals surface area contributed by atoms with Gasteiger partial charge in [0, 0.05) is 5.56 Å². The van der Waals surface area contributed by atoms with Crippen molar-refractivity contribution in [2.75, 3.05) is 0 Å². The van der Waals surface area contributed by atoms with Crippen molar-refractivity contribution in [3.63, 3.8) is 0 Å². The quantitative estimate of drug-likeness (QED) is 0.420. The first-order valence-corrected chi connectivity index (χ1v) is 7.72. The van der Waals surface area contributed by atoms with Gasteiger partial charge in [-0.25, -0.2) is 0 Å². The van der Waals surface area contributed by atoms with E-state index >= 15 is 0 Å². The second-order valence-electron chi connectivity index (χ2n) is 4.86. The van der Waals surface area contributed by atoms with E-state index in [0.29, 0.717) is 32.7 Å². The maximum atomic E-state index is 12.0. The van der Waals surface area contributed by atoms with Gasteiger partial charge in [-0.15, -0.1) is 0 Å². The number of allylic oxidation sites excluding steroid dienone is 1. The summed E-state index contributed by atoms with van der Waals surface area (Å²) >= 11 is 12.3. The molecule has 0 spiro atoms. The molecule has 2 nitrogen and oxygen atoms in total. The van der Waals surface area contributed by atoms with E-state index in [2.05, 4.69) is 0 Å². The molecule has 0 aliphatic heterocycles. The molecule has 0 bridgehead atoms. The van der Waals surface area contributed by atoms with Gasteiger partial charge in [-0.2, -0.15) is 0 Å². The highest BCUT2D eigenvalue weighted by Crippen LogP contribution is 2.35. The van der Waals surface area contributed by atoms with E-state index in [1.54, 1.807) is 48.5 Å². The topological polar surface area (TPSA) is 30.2 Å². The van der Waals surface area contributed by atoms with Crippen molar-refractivity contribution < 1.29 is 9.21 Å². The summed E-state index contributed by atoms with van der Waals surface area (Å²) in [5.74, 6) is 1.03. The molecule has 0 unspecified atom stereocenters. The summed E-state index contributed by atoms with van der Waals surface area (Å²) in [4.78, 5) is 12.0. The second-order valence-corrected chi connectivity index (χ2v) is 5.68. The molecule has 0 N–H and O–H groups in total. The SMILES string of the molecule is O=C(/C=C/c1ccc(-c2c(Cl)cccc2Cl)o1)c1ccccc1. The fraction of sp³-hybridized carbons (Fsp3) is 0. The number of carbonyl (C=O) groups is 1. The third-order valence-corrected chi connectivity index (χ3v) is 3.92. The monoisotopic (exact) mass is 342 g/mol. The number of ketones is 1. The Morgan fingerprint density at radius 2 is 1.57 bits per heavy atom. The lowest BCUT2D eigenvalue weighted by atomic mass is 10.1. The molecule has 0 saturated carbocycles. The van der Waals surface area contributed by atoms with Gasteiger partial charge in [0.05, 0.1) is 15.6 Å². The zero-order valence-corrected chi connectivity index (χ0v) is 13.5. The largest absolute Gasteiger partial charge is 0.457 e. The van der Waals surface area contributed by atoms with E-state index in [9.17, 15) is 4.79 Å². The predicted molar refractivity (Wildman–Crippen MR) is 94.0 cm³/mol. The van der Waals surface area contributed by atoms with Crippen LogP contribution in [0, 0.1) is 0 Å². The Bertz CT molecular complexity index is 844. The van der Waals surface area contributed by atoms with Crippen molar-refractivity contribution in [1.29, 1.82) is 0 Å². The zero-order valence-electron chi connectivity index (χ0n) is 12.0. The molecule has 0 aliphatic rings. The van der Waals surface area contributed by atoms with Crippen molar-refractivity contribution in [3.05, 3.63) is 88.1 Å². The van der Waals surface area contributed by atoms with E-state index in [4.69, 9.17) is 27.6 Å². The van der Waals surface area contributed by atoms with Crippen molar-refractivity contribution in [3.8, 4) is 11.3 Å².